The van der Waals surface area contributed by atoms with Crippen LogP contribution in [0.25, 0.3) is 0 Å². The van der Waals surface area contributed by atoms with E-state index in [0.29, 0.717) is 43.9 Å². The number of carbonyl (C=O) groups is 5. The van der Waals surface area contributed by atoms with Crippen molar-refractivity contribution in [1.29, 1.82) is 0 Å². The molecule has 4 N–H and O–H groups in total. The van der Waals surface area contributed by atoms with E-state index in [1.54, 1.807) is 0 Å². The molecule has 1 aliphatic carbocycles. The van der Waals surface area contributed by atoms with Crippen LogP contribution in [-0.2, 0) is 32.1 Å². The number of nitrogens with zero attached hydrogens (tertiary/aromatic N) is 2. The van der Waals surface area contributed by atoms with E-state index in [-0.39, 0.29) is 43.3 Å². The molecule has 1 saturated carbocycles. The monoisotopic (exact) mass is 465 g/mol. The second-order valence-corrected chi connectivity index (χ2v) is 8.46. The van der Waals surface area contributed by atoms with Crippen LogP contribution in [0.5, 0.6) is 0 Å². The first kappa shape index (κ1) is 25.8. The van der Waals surface area contributed by atoms with E-state index < -0.39 is 11.9 Å². The molecule has 1 aliphatic heterocycles. The molecule has 1 saturated heterocycles. The number of carbonyl (C=O) groups excluding carboxylic acids is 4. The Labute approximate surface area is 191 Å². The highest BCUT2D eigenvalue weighted by atomic mass is 16.5. The fraction of sp³-hybridized carbons (Fsp3) is 0.619. The lowest BCUT2D eigenvalue weighted by atomic mass is 9.85. The van der Waals surface area contributed by atoms with E-state index in [1.807, 2.05) is 6.07 Å². The molecule has 2 aliphatic rings. The first-order chi connectivity index (χ1) is 15.7. The third-order valence-electron chi connectivity index (χ3n) is 5.36. The summed E-state index contributed by atoms with van der Waals surface area (Å²) in [4.78, 5) is 56.9. The Kier molecular flexibility index (Phi) is 9.83. The largest absolute Gasteiger partial charge is 0.483 e. The molecule has 1 aromatic rings. The zero-order valence-corrected chi connectivity index (χ0v) is 18.8. The zero-order chi connectivity index (χ0) is 24.4. The number of amides is 5. The number of nitrogens with one attached hydrogen (secondary N) is 3. The van der Waals surface area contributed by atoms with Crippen molar-refractivity contribution in [3.8, 4) is 0 Å². The lowest BCUT2D eigenvalue weighted by Crippen LogP contribution is -2.46. The van der Waals surface area contributed by atoms with Crippen molar-refractivity contribution in [2.45, 2.75) is 58.5 Å². The smallest absolute Gasteiger partial charge is 0.325 e. The Bertz CT molecular complexity index is 830. The maximum Gasteiger partial charge on any atom is 0.325 e. The van der Waals surface area contributed by atoms with Crippen LogP contribution < -0.4 is 16.0 Å². The van der Waals surface area contributed by atoms with Crippen molar-refractivity contribution >= 4 is 30.2 Å². The van der Waals surface area contributed by atoms with Gasteiger partial charge in [0.15, 0.2) is 5.76 Å². The standard InChI is InChI=1S/C20H29N5O5.CH2O2/c1-12(2)7-15-8-16(30-24-15)9-21-19(28)13-3-5-14(6-4-13)23-17(26)11-25-18(27)10-22-20(25)29;2-1-3/h8,12-14H,3-7,9-11H2,1-2H3,(H,21,28)(H,22,29)(H,23,26);1H,(H,2,3). The Balaban J connectivity index is 0.00000122. The number of aromatic nitrogens is 1. The molecular formula is C21H31N5O7. The maximum absolute atomic E-state index is 12.4. The summed E-state index contributed by atoms with van der Waals surface area (Å²) in [6, 6.07) is 1.27. The van der Waals surface area contributed by atoms with Crippen LogP contribution >= 0.6 is 0 Å². The van der Waals surface area contributed by atoms with Gasteiger partial charge in [0.05, 0.1) is 18.8 Å². The third kappa shape index (κ3) is 8.20. The minimum absolute atomic E-state index is 0.0269. The quantitative estimate of drug-likeness (QED) is 0.316. The number of carboxylic acid groups (broad SMARTS) is 1. The van der Waals surface area contributed by atoms with Crippen molar-refractivity contribution in [1.82, 2.24) is 26.0 Å². The summed E-state index contributed by atoms with van der Waals surface area (Å²) in [5.74, 6) is 0.221. The Morgan fingerprint density at radius 2 is 1.97 bits per heavy atom. The molecule has 0 unspecified atom stereocenters. The van der Waals surface area contributed by atoms with Crippen LogP contribution in [0.15, 0.2) is 10.6 Å². The molecule has 12 nitrogen and oxygen atoms in total. The van der Waals surface area contributed by atoms with Crippen LogP contribution in [0, 0.1) is 11.8 Å². The molecule has 0 radical (unpaired) electrons. The second-order valence-electron chi connectivity index (χ2n) is 8.46. The number of hydrogen-bond donors (Lipinski definition) is 4. The second kappa shape index (κ2) is 12.6. The average Bonchev–Trinajstić information content (AvgIpc) is 3.34. The molecule has 1 aromatic heterocycles. The van der Waals surface area contributed by atoms with Crippen molar-refractivity contribution in [3.05, 3.63) is 17.5 Å². The van der Waals surface area contributed by atoms with Gasteiger partial charge in [-0.2, -0.15) is 0 Å². The fourth-order valence-corrected chi connectivity index (χ4v) is 3.80. The summed E-state index contributed by atoms with van der Waals surface area (Å²) in [6.45, 7) is 3.93. The summed E-state index contributed by atoms with van der Waals surface area (Å²) < 4.78 is 5.27. The van der Waals surface area contributed by atoms with Gasteiger partial charge in [-0.1, -0.05) is 19.0 Å². The molecule has 2 fully saturated rings. The minimum Gasteiger partial charge on any atom is -0.483 e. The highest BCUT2D eigenvalue weighted by Gasteiger charge is 2.32. The minimum atomic E-state index is -0.543. The molecule has 0 spiro atoms. The third-order valence-corrected chi connectivity index (χ3v) is 5.36. The van der Waals surface area contributed by atoms with Crippen molar-refractivity contribution in [2.75, 3.05) is 13.1 Å². The van der Waals surface area contributed by atoms with Crippen molar-refractivity contribution < 1.29 is 33.6 Å². The van der Waals surface area contributed by atoms with E-state index in [4.69, 9.17) is 14.4 Å². The molecule has 2 heterocycles. The van der Waals surface area contributed by atoms with Gasteiger partial charge in [0, 0.05) is 18.0 Å². The Morgan fingerprint density at radius 1 is 1.30 bits per heavy atom. The molecule has 3 rings (SSSR count). The summed E-state index contributed by atoms with van der Waals surface area (Å²) in [5.41, 5.74) is 0.888. The maximum atomic E-state index is 12.4. The predicted molar refractivity (Wildman–Crippen MR) is 115 cm³/mol. The van der Waals surface area contributed by atoms with E-state index in [1.165, 1.54) is 0 Å². The van der Waals surface area contributed by atoms with Gasteiger partial charge in [0.1, 0.15) is 6.54 Å². The summed E-state index contributed by atoms with van der Waals surface area (Å²) >= 11 is 0. The first-order valence-electron chi connectivity index (χ1n) is 10.9. The number of hydrogen-bond acceptors (Lipinski definition) is 7. The molecule has 182 valence electrons. The fourth-order valence-electron chi connectivity index (χ4n) is 3.80. The molecule has 12 heteroatoms. The van der Waals surface area contributed by atoms with Gasteiger partial charge >= 0.3 is 6.03 Å². The van der Waals surface area contributed by atoms with Crippen LogP contribution in [0.4, 0.5) is 4.79 Å². The van der Waals surface area contributed by atoms with Crippen LogP contribution in [-0.4, -0.2) is 64.5 Å². The average molecular weight is 466 g/mol. The first-order valence-corrected chi connectivity index (χ1v) is 10.9. The SMILES string of the molecule is CC(C)Cc1cc(CNC(=O)C2CCC(NC(=O)CN3C(=O)CNC3=O)CC2)on1.O=CO. The molecule has 0 bridgehead atoms. The molecule has 5 amide bonds. The highest BCUT2D eigenvalue weighted by Crippen LogP contribution is 2.24. The lowest BCUT2D eigenvalue weighted by Gasteiger charge is -2.28. The van der Waals surface area contributed by atoms with Crippen LogP contribution in [0.2, 0.25) is 0 Å². The normalized spacial score (nSPS) is 20.0. The van der Waals surface area contributed by atoms with E-state index in [0.717, 1.165) is 17.0 Å². The highest BCUT2D eigenvalue weighted by molar-refractivity contribution is 6.04. The molecule has 0 atom stereocenters. The van der Waals surface area contributed by atoms with E-state index in [9.17, 15) is 19.2 Å². The molecular weight excluding hydrogens is 434 g/mol. The topological polar surface area (TPSA) is 171 Å². The van der Waals surface area contributed by atoms with Gasteiger partial charge in [-0.15, -0.1) is 0 Å². The van der Waals surface area contributed by atoms with Gasteiger partial charge in [-0.3, -0.25) is 24.1 Å². The van der Waals surface area contributed by atoms with Crippen molar-refractivity contribution in [2.24, 2.45) is 11.8 Å². The molecule has 33 heavy (non-hydrogen) atoms. The van der Waals surface area contributed by atoms with Gasteiger partial charge in [0.2, 0.25) is 11.8 Å². The predicted octanol–water partition coefficient (Wildman–Crippen LogP) is 0.417. The number of rotatable bonds is 8. The van der Waals surface area contributed by atoms with Gasteiger partial charge in [-0.05, 0) is 38.0 Å². The number of urea groups is 1. The van der Waals surface area contributed by atoms with E-state index in [2.05, 4.69) is 35.0 Å². The lowest BCUT2D eigenvalue weighted by molar-refractivity contribution is -0.131. The zero-order valence-electron chi connectivity index (χ0n) is 18.8. The Morgan fingerprint density at radius 3 is 2.55 bits per heavy atom. The molecule has 0 aromatic carbocycles. The van der Waals surface area contributed by atoms with Gasteiger partial charge in [0.25, 0.3) is 12.4 Å². The Hall–Kier alpha value is -3.44. The van der Waals surface area contributed by atoms with Crippen LogP contribution in [0.1, 0.15) is 51.0 Å². The summed E-state index contributed by atoms with van der Waals surface area (Å²) in [6.07, 6.45) is 3.50. The summed E-state index contributed by atoms with van der Waals surface area (Å²) in [5, 5.41) is 19.0. The number of imide groups is 1. The van der Waals surface area contributed by atoms with Gasteiger partial charge < -0.3 is 25.6 Å². The van der Waals surface area contributed by atoms with E-state index >= 15 is 0 Å². The van der Waals surface area contributed by atoms with Gasteiger partial charge in [-0.25, -0.2) is 4.79 Å². The summed E-state index contributed by atoms with van der Waals surface area (Å²) in [7, 11) is 0. The van der Waals surface area contributed by atoms with Crippen LogP contribution in [0.3, 0.4) is 0 Å². The van der Waals surface area contributed by atoms with Crippen molar-refractivity contribution in [3.63, 3.8) is 0 Å².